The minimum atomic E-state index is -4.43. The molecule has 0 aromatic heterocycles. The lowest BCUT2D eigenvalue weighted by atomic mass is 9.81. The molecule has 2 aromatic carbocycles. The number of benzene rings is 2. The summed E-state index contributed by atoms with van der Waals surface area (Å²) in [6.07, 6.45) is 13.7. The molecule has 276 valence electrons. The summed E-state index contributed by atoms with van der Waals surface area (Å²) in [6.45, 7) is 12.5. The highest BCUT2D eigenvalue weighted by atomic mass is 35.5. The number of unbranched alkanes of at least 4 members (excludes halogenated alkanes) is 3. The Morgan fingerprint density at radius 2 is 1.67 bits per heavy atom. The Bertz CT molecular complexity index is 2040. The van der Waals surface area contributed by atoms with Crippen molar-refractivity contribution in [1.29, 1.82) is 0 Å². The topological polar surface area (TPSA) is 124 Å². The number of allylic oxidation sites excluding steroid dienone is 7. The van der Waals surface area contributed by atoms with Gasteiger partial charge in [-0.3, -0.25) is 9.11 Å². The van der Waals surface area contributed by atoms with Gasteiger partial charge in [-0.25, -0.2) is 0 Å². The number of hydrogen-bond acceptors (Lipinski definition) is 6. The van der Waals surface area contributed by atoms with Gasteiger partial charge in [0.15, 0.2) is 5.71 Å². The number of nitrogens with zero attached hydrogens (tertiary/aromatic N) is 2. The quantitative estimate of drug-likeness (QED) is 0.118. The van der Waals surface area contributed by atoms with Crippen molar-refractivity contribution in [3.8, 4) is 0 Å². The molecule has 0 radical (unpaired) electrons. The Hall–Kier alpha value is -3.22. The third-order valence-electron chi connectivity index (χ3n) is 10.2. The van der Waals surface area contributed by atoms with Gasteiger partial charge in [-0.05, 0) is 87.4 Å². The number of anilines is 1. The van der Waals surface area contributed by atoms with E-state index in [1.54, 1.807) is 6.07 Å². The van der Waals surface area contributed by atoms with E-state index in [-0.39, 0.29) is 22.5 Å². The van der Waals surface area contributed by atoms with E-state index in [9.17, 15) is 25.9 Å². The maximum Gasteiger partial charge on any atom is 0.294 e. The molecule has 0 atom stereocenters. The first-order valence-corrected chi connectivity index (χ1v) is 21.1. The van der Waals surface area contributed by atoms with Gasteiger partial charge in [0, 0.05) is 47.5 Å². The standard InChI is InChI=1S/C39H49ClN2O7S2/c1-6-7-10-23-41-32-16-9-8-15-30(32)38(2,3)36(41)22-20-34-37(40)28(14-13-25-49-34)17-21-35-39(4,5)31-27-29(51(46,47)48)18-19-33(31)42(35)24-11-12-26-50(43,44)45/h8-9,15-22,27H,6-7,10-14,23-26H2,1-5H3,(H-,43,44,45,46,47,48)/p+1. The first-order valence-electron chi connectivity index (χ1n) is 17.7. The molecule has 0 saturated heterocycles. The highest BCUT2D eigenvalue weighted by Gasteiger charge is 2.44. The van der Waals surface area contributed by atoms with Crippen LogP contribution < -0.4 is 4.90 Å². The zero-order valence-corrected chi connectivity index (χ0v) is 32.5. The third-order valence-corrected chi connectivity index (χ3v) is 12.2. The van der Waals surface area contributed by atoms with Gasteiger partial charge >= 0.3 is 0 Å². The van der Waals surface area contributed by atoms with E-state index in [2.05, 4.69) is 55.7 Å². The van der Waals surface area contributed by atoms with E-state index in [1.165, 1.54) is 29.1 Å². The van der Waals surface area contributed by atoms with Crippen molar-refractivity contribution in [2.45, 2.75) is 95.3 Å². The number of ether oxygens (including phenoxy) is 1. The molecule has 2 N–H and O–H groups in total. The average Bonchev–Trinajstić information content (AvgIpc) is 3.30. The van der Waals surface area contributed by atoms with Crippen molar-refractivity contribution in [2.75, 3.05) is 30.3 Å². The van der Waals surface area contributed by atoms with E-state index in [1.807, 2.05) is 37.0 Å². The van der Waals surface area contributed by atoms with Crippen LogP contribution in [0.4, 0.5) is 11.4 Å². The van der Waals surface area contributed by atoms with Gasteiger partial charge in [-0.15, -0.1) is 0 Å². The van der Waals surface area contributed by atoms with Gasteiger partial charge in [0.2, 0.25) is 5.69 Å². The van der Waals surface area contributed by atoms with Crippen LogP contribution in [0.2, 0.25) is 0 Å². The Balaban J connectivity index is 1.52. The monoisotopic (exact) mass is 757 g/mol. The van der Waals surface area contributed by atoms with Crippen molar-refractivity contribution in [3.05, 3.63) is 100.0 Å². The Labute approximate surface area is 308 Å². The SMILES string of the molecule is CCCCC[N+]1=C(/C=C/C2=C(Cl)C(=C/C=C3/N(CCCCS(=O)(=O)O)c4ccc(S(=O)(=O)O)cc4C3(C)C)/CCCO2)C(C)(C)c2ccccc21. The van der Waals surface area contributed by atoms with Crippen molar-refractivity contribution >= 4 is 48.9 Å². The molecule has 2 aromatic rings. The number of halogens is 1. The molecule has 0 fully saturated rings. The molecule has 0 unspecified atom stereocenters. The number of para-hydroxylation sites is 1. The van der Waals surface area contributed by atoms with Gasteiger partial charge in [0.1, 0.15) is 12.3 Å². The van der Waals surface area contributed by atoms with E-state index in [4.69, 9.17) is 16.3 Å². The fourth-order valence-corrected chi connectivity index (χ4v) is 8.75. The second kappa shape index (κ2) is 15.4. The molecule has 5 rings (SSSR count). The van der Waals surface area contributed by atoms with Crippen molar-refractivity contribution in [2.24, 2.45) is 0 Å². The maximum absolute atomic E-state index is 12.0. The van der Waals surface area contributed by atoms with Crippen LogP contribution in [0.1, 0.15) is 90.7 Å². The number of hydrogen-bond donors (Lipinski definition) is 2. The fourth-order valence-electron chi connectivity index (χ4n) is 7.40. The van der Waals surface area contributed by atoms with Crippen LogP contribution in [0.3, 0.4) is 0 Å². The van der Waals surface area contributed by atoms with Gasteiger partial charge in [0.25, 0.3) is 20.2 Å². The Kier molecular flexibility index (Phi) is 11.8. The lowest BCUT2D eigenvalue weighted by molar-refractivity contribution is -0.438. The molecule has 3 aliphatic heterocycles. The summed E-state index contributed by atoms with van der Waals surface area (Å²) in [4.78, 5) is 1.85. The highest BCUT2D eigenvalue weighted by Crippen LogP contribution is 2.49. The molecule has 12 heteroatoms. The zero-order valence-electron chi connectivity index (χ0n) is 30.2. The molecule has 0 saturated carbocycles. The molecule has 0 spiro atoms. The first-order chi connectivity index (χ1) is 24.0. The van der Waals surface area contributed by atoms with Gasteiger partial charge in [0.05, 0.1) is 27.7 Å². The average molecular weight is 758 g/mol. The predicted molar refractivity (Wildman–Crippen MR) is 204 cm³/mol. The fraction of sp³-hybridized carbons (Fsp3) is 0.462. The van der Waals surface area contributed by atoms with E-state index >= 15 is 0 Å². The summed E-state index contributed by atoms with van der Waals surface area (Å²) in [5.41, 5.74) is 6.08. The minimum absolute atomic E-state index is 0.195. The van der Waals surface area contributed by atoms with Crippen LogP contribution in [-0.4, -0.2) is 61.7 Å². The van der Waals surface area contributed by atoms with Crippen LogP contribution >= 0.6 is 11.6 Å². The highest BCUT2D eigenvalue weighted by molar-refractivity contribution is 7.86. The van der Waals surface area contributed by atoms with E-state index in [0.29, 0.717) is 42.3 Å². The normalized spacial score (nSPS) is 20.4. The summed E-state index contributed by atoms with van der Waals surface area (Å²) in [7, 11) is -8.53. The zero-order chi connectivity index (χ0) is 37.2. The molecular weight excluding hydrogens is 708 g/mol. The molecule has 9 nitrogen and oxygen atoms in total. The second-order valence-electron chi connectivity index (χ2n) is 14.5. The Morgan fingerprint density at radius 1 is 0.922 bits per heavy atom. The number of fused-ring (bicyclic) bond motifs is 2. The molecule has 0 amide bonds. The smallest absolute Gasteiger partial charge is 0.294 e. The van der Waals surface area contributed by atoms with E-state index in [0.717, 1.165) is 49.2 Å². The van der Waals surface area contributed by atoms with Crippen molar-refractivity contribution in [1.82, 2.24) is 0 Å². The Morgan fingerprint density at radius 3 is 2.37 bits per heavy atom. The van der Waals surface area contributed by atoms with E-state index < -0.39 is 25.7 Å². The summed E-state index contributed by atoms with van der Waals surface area (Å²) in [5.74, 6) is 0.248. The summed E-state index contributed by atoms with van der Waals surface area (Å²) in [6, 6.07) is 13.1. The maximum atomic E-state index is 12.0. The third kappa shape index (κ3) is 8.54. The summed E-state index contributed by atoms with van der Waals surface area (Å²) in [5, 5.41) is 0.522. The minimum Gasteiger partial charge on any atom is -0.492 e. The van der Waals surface area contributed by atoms with Crippen molar-refractivity contribution < 1.29 is 35.3 Å². The van der Waals surface area contributed by atoms with Gasteiger partial charge < -0.3 is 9.64 Å². The molecule has 3 aliphatic rings. The largest absolute Gasteiger partial charge is 0.492 e. The predicted octanol–water partition coefficient (Wildman–Crippen LogP) is 8.59. The van der Waals surface area contributed by atoms with Crippen LogP contribution in [0.25, 0.3) is 0 Å². The molecular formula is C39H50ClN2O7S2+. The van der Waals surface area contributed by atoms with Crippen molar-refractivity contribution in [3.63, 3.8) is 0 Å². The summed E-state index contributed by atoms with van der Waals surface area (Å²) < 4.78 is 74.5. The second-order valence-corrected chi connectivity index (χ2v) is 17.9. The van der Waals surface area contributed by atoms with Gasteiger partial charge in [-0.1, -0.05) is 63.1 Å². The van der Waals surface area contributed by atoms with Crippen LogP contribution in [-0.2, 0) is 35.8 Å². The van der Waals surface area contributed by atoms with Gasteiger partial charge in [-0.2, -0.15) is 21.4 Å². The van der Waals surface area contributed by atoms with Crippen LogP contribution in [0, 0.1) is 0 Å². The van der Waals surface area contributed by atoms with Crippen LogP contribution in [0.15, 0.2) is 93.7 Å². The lowest BCUT2D eigenvalue weighted by Crippen LogP contribution is -2.28. The lowest BCUT2D eigenvalue weighted by Gasteiger charge is -2.27. The first kappa shape index (κ1) is 39.0. The number of rotatable bonds is 13. The van der Waals surface area contributed by atoms with Crippen LogP contribution in [0.5, 0.6) is 0 Å². The molecule has 51 heavy (non-hydrogen) atoms. The molecule has 0 aliphatic carbocycles. The summed E-state index contributed by atoms with van der Waals surface area (Å²) >= 11 is 7.13. The molecule has 3 heterocycles. The molecule has 0 bridgehead atoms.